The van der Waals surface area contributed by atoms with Gasteiger partial charge in [-0.05, 0) is 30.5 Å². The number of hydrogen-bond acceptors (Lipinski definition) is 8. The van der Waals surface area contributed by atoms with E-state index in [1.165, 1.54) is 12.1 Å². The fraction of sp³-hybridized carbons (Fsp3) is 0.591. The second-order valence-electron chi connectivity index (χ2n) is 8.26. The normalized spacial score (nSPS) is 19.0. The van der Waals surface area contributed by atoms with E-state index < -0.39 is 42.6 Å². The lowest BCUT2D eigenvalue weighted by molar-refractivity contribution is -0.146. The van der Waals surface area contributed by atoms with Gasteiger partial charge < -0.3 is 35.1 Å². The van der Waals surface area contributed by atoms with Crippen LogP contribution < -0.4 is 15.4 Å². The number of carbonyl (C=O) groups is 3. The molecule has 0 spiro atoms. The van der Waals surface area contributed by atoms with Crippen LogP contribution in [0, 0.1) is 0 Å². The second kappa shape index (κ2) is 12.7. The van der Waals surface area contributed by atoms with Gasteiger partial charge >= 0.3 is 12.6 Å². The minimum absolute atomic E-state index is 0.0173. The van der Waals surface area contributed by atoms with Crippen LogP contribution in [0.15, 0.2) is 24.3 Å². The Morgan fingerprint density at radius 1 is 1.11 bits per heavy atom. The summed E-state index contributed by atoms with van der Waals surface area (Å²) in [6.45, 7) is -1.04. The quantitative estimate of drug-likeness (QED) is 0.291. The van der Waals surface area contributed by atoms with Crippen molar-refractivity contribution in [3.05, 3.63) is 29.8 Å². The third-order valence-corrected chi connectivity index (χ3v) is 5.47. The highest BCUT2D eigenvalue weighted by molar-refractivity contribution is 5.91. The molecule has 3 rings (SSSR count). The van der Waals surface area contributed by atoms with Crippen molar-refractivity contribution in [2.24, 2.45) is 0 Å². The van der Waals surface area contributed by atoms with Crippen LogP contribution in [-0.2, 0) is 23.9 Å². The number of carboxylic acids is 1. The zero-order valence-corrected chi connectivity index (χ0v) is 18.9. The molecule has 11 nitrogen and oxygen atoms in total. The molecule has 194 valence electrons. The van der Waals surface area contributed by atoms with Crippen molar-refractivity contribution < 1.29 is 47.6 Å². The first kappa shape index (κ1) is 26.7. The van der Waals surface area contributed by atoms with Crippen LogP contribution in [0.2, 0.25) is 0 Å². The van der Waals surface area contributed by atoms with E-state index in [-0.39, 0.29) is 30.6 Å². The van der Waals surface area contributed by atoms with Crippen molar-refractivity contribution >= 4 is 17.8 Å². The Morgan fingerprint density at radius 3 is 2.34 bits per heavy atom. The number of aliphatic hydroxyl groups is 1. The molecule has 0 bridgehead atoms. The van der Waals surface area contributed by atoms with Crippen LogP contribution in [0.5, 0.6) is 5.75 Å². The van der Waals surface area contributed by atoms with Gasteiger partial charge in [-0.25, -0.2) is 4.79 Å². The number of carbonyl (C=O) groups excluding carboxylic acids is 2. The summed E-state index contributed by atoms with van der Waals surface area (Å²) in [4.78, 5) is 39.1. The molecule has 2 amide bonds. The van der Waals surface area contributed by atoms with Gasteiger partial charge in [-0.2, -0.15) is 8.78 Å². The number of aliphatic hydroxyl groups excluding tert-OH is 1. The number of morpholine rings is 1. The molecule has 1 saturated carbocycles. The Morgan fingerprint density at radius 2 is 1.77 bits per heavy atom. The number of nitrogens with zero attached hydrogens (tertiary/aromatic N) is 1. The van der Waals surface area contributed by atoms with Crippen LogP contribution in [-0.4, -0.2) is 97.2 Å². The molecule has 1 aliphatic carbocycles. The standard InChI is InChI=1S/C22H29F2N3O8/c23-22(24)35-15-3-1-13(2-4-15)19(29)18(21(31)32)26-20(30)16(12-34-14-5-6-14)25-17(28)11-27-7-9-33-10-8-27/h1-4,14,16,18-19,22,29H,5-12H2,(H,25,28)(H,26,30)(H,31,32)/t16-,18-,19+/m0/s1. The first-order valence-electron chi connectivity index (χ1n) is 11.2. The number of aliphatic carboxylic acids is 1. The lowest BCUT2D eigenvalue weighted by Crippen LogP contribution is -2.56. The first-order valence-corrected chi connectivity index (χ1v) is 11.2. The van der Waals surface area contributed by atoms with E-state index in [1.54, 1.807) is 0 Å². The molecule has 1 aromatic carbocycles. The Bertz CT molecular complexity index is 863. The number of nitrogens with one attached hydrogen (secondary N) is 2. The van der Waals surface area contributed by atoms with E-state index in [2.05, 4.69) is 15.4 Å². The van der Waals surface area contributed by atoms with Gasteiger partial charge in [0.2, 0.25) is 11.8 Å². The summed E-state index contributed by atoms with van der Waals surface area (Å²) in [5.41, 5.74) is 0.0569. The van der Waals surface area contributed by atoms with E-state index in [1.807, 2.05) is 4.90 Å². The Balaban J connectivity index is 1.63. The number of amides is 2. The van der Waals surface area contributed by atoms with Crippen LogP contribution >= 0.6 is 0 Å². The number of hydrogen-bond donors (Lipinski definition) is 4. The van der Waals surface area contributed by atoms with Crippen molar-refractivity contribution in [1.82, 2.24) is 15.5 Å². The molecular weight excluding hydrogens is 472 g/mol. The summed E-state index contributed by atoms with van der Waals surface area (Å²) in [5.74, 6) is -2.98. The maximum atomic E-state index is 12.9. The number of rotatable bonds is 13. The summed E-state index contributed by atoms with van der Waals surface area (Å²) < 4.78 is 39.7. The molecule has 1 aliphatic heterocycles. The number of halogens is 2. The topological polar surface area (TPSA) is 147 Å². The number of carboxylic acid groups (broad SMARTS) is 1. The second-order valence-corrected chi connectivity index (χ2v) is 8.26. The lowest BCUT2D eigenvalue weighted by Gasteiger charge is -2.27. The number of ether oxygens (including phenoxy) is 3. The highest BCUT2D eigenvalue weighted by atomic mass is 19.3. The minimum atomic E-state index is -3.04. The van der Waals surface area contributed by atoms with Gasteiger partial charge in [-0.3, -0.25) is 14.5 Å². The molecule has 0 radical (unpaired) electrons. The molecule has 2 fully saturated rings. The SMILES string of the molecule is O=C(CN1CCOCC1)N[C@@H](COC1CC1)C(=O)N[C@H](C(=O)O)[C@H](O)c1ccc(OC(F)F)cc1. The zero-order valence-electron chi connectivity index (χ0n) is 18.9. The molecular formula is C22H29F2N3O8. The molecule has 0 unspecified atom stereocenters. The summed E-state index contributed by atoms with van der Waals surface area (Å²) in [6, 6.07) is 1.75. The Labute approximate surface area is 200 Å². The molecule has 35 heavy (non-hydrogen) atoms. The van der Waals surface area contributed by atoms with Gasteiger partial charge in [0.15, 0.2) is 6.04 Å². The van der Waals surface area contributed by atoms with Crippen molar-refractivity contribution in [3.63, 3.8) is 0 Å². The smallest absolute Gasteiger partial charge is 0.387 e. The molecule has 2 aliphatic rings. The van der Waals surface area contributed by atoms with E-state index in [0.717, 1.165) is 25.0 Å². The highest BCUT2D eigenvalue weighted by Gasteiger charge is 2.34. The monoisotopic (exact) mass is 501 g/mol. The lowest BCUT2D eigenvalue weighted by atomic mass is 10.0. The van der Waals surface area contributed by atoms with Crippen molar-refractivity contribution in [2.75, 3.05) is 39.5 Å². The van der Waals surface area contributed by atoms with Crippen molar-refractivity contribution in [2.45, 2.75) is 43.7 Å². The average molecular weight is 501 g/mol. The fourth-order valence-corrected chi connectivity index (χ4v) is 3.42. The summed E-state index contributed by atoms with van der Waals surface area (Å²) in [6.07, 6.45) is -0.0577. The van der Waals surface area contributed by atoms with Crippen molar-refractivity contribution in [1.29, 1.82) is 0 Å². The van der Waals surface area contributed by atoms with Gasteiger partial charge in [0.1, 0.15) is 17.9 Å². The number of benzene rings is 1. The summed E-state index contributed by atoms with van der Waals surface area (Å²) in [7, 11) is 0. The van der Waals surface area contributed by atoms with Crippen molar-refractivity contribution in [3.8, 4) is 5.75 Å². The molecule has 1 saturated heterocycles. The Hall–Kier alpha value is -2.87. The van der Waals surface area contributed by atoms with Crippen LogP contribution in [0.1, 0.15) is 24.5 Å². The van der Waals surface area contributed by atoms with Gasteiger partial charge in [0.25, 0.3) is 0 Å². The van der Waals surface area contributed by atoms with Gasteiger partial charge in [-0.15, -0.1) is 0 Å². The highest BCUT2D eigenvalue weighted by Crippen LogP contribution is 2.24. The van der Waals surface area contributed by atoms with Gasteiger partial charge in [-0.1, -0.05) is 12.1 Å². The van der Waals surface area contributed by atoms with E-state index in [9.17, 15) is 33.4 Å². The largest absolute Gasteiger partial charge is 0.480 e. The Kier molecular flexibility index (Phi) is 9.72. The first-order chi connectivity index (χ1) is 16.7. The molecule has 3 atom stereocenters. The summed E-state index contributed by atoms with van der Waals surface area (Å²) >= 11 is 0. The zero-order chi connectivity index (χ0) is 25.4. The maximum Gasteiger partial charge on any atom is 0.387 e. The van der Waals surface area contributed by atoms with Crippen LogP contribution in [0.3, 0.4) is 0 Å². The third kappa shape index (κ3) is 8.69. The predicted octanol–water partition coefficient (Wildman–Crippen LogP) is -0.113. The van der Waals surface area contributed by atoms with Gasteiger partial charge in [0, 0.05) is 13.1 Å². The van der Waals surface area contributed by atoms with Crippen LogP contribution in [0.25, 0.3) is 0 Å². The minimum Gasteiger partial charge on any atom is -0.480 e. The van der Waals surface area contributed by atoms with E-state index >= 15 is 0 Å². The maximum absolute atomic E-state index is 12.9. The molecule has 13 heteroatoms. The predicted molar refractivity (Wildman–Crippen MR) is 116 cm³/mol. The van der Waals surface area contributed by atoms with E-state index in [4.69, 9.17) is 9.47 Å². The molecule has 0 aromatic heterocycles. The fourth-order valence-electron chi connectivity index (χ4n) is 3.42. The average Bonchev–Trinajstić information content (AvgIpc) is 3.64. The van der Waals surface area contributed by atoms with Crippen LogP contribution in [0.4, 0.5) is 8.78 Å². The molecule has 1 aromatic rings. The molecule has 1 heterocycles. The van der Waals surface area contributed by atoms with Gasteiger partial charge in [0.05, 0.1) is 32.5 Å². The third-order valence-electron chi connectivity index (χ3n) is 5.47. The molecule has 4 N–H and O–H groups in total. The van der Waals surface area contributed by atoms with E-state index in [0.29, 0.717) is 26.3 Å². The summed E-state index contributed by atoms with van der Waals surface area (Å²) in [5, 5.41) is 25.0. The number of alkyl halides is 2.